The third-order valence-electron chi connectivity index (χ3n) is 3.12. The molecule has 7 nitrogen and oxygen atoms in total. The minimum atomic E-state index is -1.13. The predicted molar refractivity (Wildman–Crippen MR) is 81.8 cm³/mol. The first-order valence-corrected chi connectivity index (χ1v) is 6.63. The molecule has 1 atom stereocenters. The number of amides is 1. The molecule has 1 aromatic carbocycles. The van der Waals surface area contributed by atoms with Crippen LogP contribution >= 0.6 is 0 Å². The van der Waals surface area contributed by atoms with Crippen molar-refractivity contribution >= 4 is 5.91 Å². The van der Waals surface area contributed by atoms with Gasteiger partial charge in [-0.25, -0.2) is 0 Å². The van der Waals surface area contributed by atoms with E-state index in [0.717, 1.165) is 0 Å². The lowest BCUT2D eigenvalue weighted by atomic mass is 10.0. The van der Waals surface area contributed by atoms with Gasteiger partial charge in [0.2, 0.25) is 0 Å². The van der Waals surface area contributed by atoms with Crippen LogP contribution in [0.15, 0.2) is 28.9 Å². The van der Waals surface area contributed by atoms with Crippen LogP contribution in [0.3, 0.4) is 0 Å². The number of aromatic nitrogens is 1. The third kappa shape index (κ3) is 3.44. The Morgan fingerprint density at radius 3 is 2.74 bits per heavy atom. The molecular weight excluding hydrogens is 300 g/mol. The van der Waals surface area contributed by atoms with Gasteiger partial charge in [-0.05, 0) is 17.7 Å². The zero-order valence-electron chi connectivity index (χ0n) is 12.7. The molecule has 0 aliphatic rings. The number of benzene rings is 1. The predicted octanol–water partition coefficient (Wildman–Crippen LogP) is 1.54. The summed E-state index contributed by atoms with van der Waals surface area (Å²) >= 11 is 0. The molecule has 1 unspecified atom stereocenters. The number of carbonyl (C=O) groups excluding carboxylic acids is 1. The molecule has 0 bridgehead atoms. The highest BCUT2D eigenvalue weighted by Crippen LogP contribution is 2.35. The van der Waals surface area contributed by atoms with Gasteiger partial charge in [-0.15, -0.1) is 6.42 Å². The molecule has 0 saturated heterocycles. The summed E-state index contributed by atoms with van der Waals surface area (Å²) in [5, 5.41) is 3.72. The van der Waals surface area contributed by atoms with Gasteiger partial charge < -0.3 is 24.5 Å². The molecule has 2 N–H and O–H groups in total. The quantitative estimate of drug-likeness (QED) is 0.778. The van der Waals surface area contributed by atoms with E-state index in [9.17, 15) is 4.79 Å². The first-order valence-electron chi connectivity index (χ1n) is 6.63. The summed E-state index contributed by atoms with van der Waals surface area (Å²) in [5.74, 6) is 2.83. The van der Waals surface area contributed by atoms with Gasteiger partial charge in [-0.1, -0.05) is 17.1 Å². The van der Waals surface area contributed by atoms with Crippen LogP contribution in [-0.2, 0) is 9.53 Å². The van der Waals surface area contributed by atoms with Crippen LogP contribution in [0.2, 0.25) is 0 Å². The lowest BCUT2D eigenvalue weighted by Gasteiger charge is -2.13. The molecule has 0 spiro atoms. The fourth-order valence-electron chi connectivity index (χ4n) is 2.08. The topological polar surface area (TPSA) is 96.8 Å². The van der Waals surface area contributed by atoms with Crippen molar-refractivity contribution in [2.24, 2.45) is 5.73 Å². The summed E-state index contributed by atoms with van der Waals surface area (Å²) in [6.45, 7) is -0.0837. The number of hydrogen-bond donors (Lipinski definition) is 1. The molecule has 0 aliphatic heterocycles. The number of hydrogen-bond acceptors (Lipinski definition) is 6. The van der Waals surface area contributed by atoms with Gasteiger partial charge in [0.25, 0.3) is 5.91 Å². The Morgan fingerprint density at radius 1 is 1.39 bits per heavy atom. The van der Waals surface area contributed by atoms with Crippen molar-refractivity contribution in [1.29, 1.82) is 0 Å². The van der Waals surface area contributed by atoms with Gasteiger partial charge >= 0.3 is 0 Å². The van der Waals surface area contributed by atoms with E-state index in [1.165, 1.54) is 13.3 Å². The van der Waals surface area contributed by atoms with E-state index in [1.807, 2.05) is 0 Å². The highest BCUT2D eigenvalue weighted by molar-refractivity contribution is 5.83. The van der Waals surface area contributed by atoms with E-state index in [-0.39, 0.29) is 12.4 Å². The van der Waals surface area contributed by atoms with Crippen LogP contribution in [0.1, 0.15) is 11.9 Å². The second kappa shape index (κ2) is 7.33. The largest absolute Gasteiger partial charge is 0.493 e. The maximum Gasteiger partial charge on any atom is 0.254 e. The van der Waals surface area contributed by atoms with Crippen LogP contribution in [-0.4, -0.2) is 31.9 Å². The number of nitrogens with zero attached hydrogens (tertiary/aromatic N) is 1. The van der Waals surface area contributed by atoms with Crippen molar-refractivity contribution < 1.29 is 23.5 Å². The van der Waals surface area contributed by atoms with Crippen LogP contribution < -0.4 is 15.2 Å². The van der Waals surface area contributed by atoms with E-state index >= 15 is 0 Å². The Hall–Kier alpha value is -2.98. The molecule has 1 aromatic heterocycles. The summed E-state index contributed by atoms with van der Waals surface area (Å²) in [6.07, 6.45) is 5.48. The lowest BCUT2D eigenvalue weighted by molar-refractivity contribution is -0.130. The number of methoxy groups -OCH3 is 2. The second-order valence-electron chi connectivity index (χ2n) is 4.47. The standard InChI is InChI=1S/C16H16N2O5/c1-4-7-22-15(16(17)19)14-11(9-18-23-14)10-5-6-12(20-2)13(8-10)21-3/h1,5-6,8-9,15H,7H2,2-3H3,(H2,17,19). The molecule has 7 heteroatoms. The molecule has 2 aromatic rings. The average molecular weight is 316 g/mol. The fraction of sp³-hybridized carbons (Fsp3) is 0.250. The number of carbonyl (C=O) groups is 1. The van der Waals surface area contributed by atoms with Gasteiger partial charge in [-0.2, -0.15) is 0 Å². The van der Waals surface area contributed by atoms with Gasteiger partial charge in [0.15, 0.2) is 23.4 Å². The van der Waals surface area contributed by atoms with Crippen molar-refractivity contribution in [1.82, 2.24) is 5.16 Å². The molecule has 1 heterocycles. The van der Waals surface area contributed by atoms with Gasteiger partial charge in [-0.3, -0.25) is 4.79 Å². The molecule has 120 valence electrons. The summed E-state index contributed by atoms with van der Waals surface area (Å²) in [6, 6.07) is 5.23. The average Bonchev–Trinajstić information content (AvgIpc) is 3.03. The number of rotatable bonds is 7. The van der Waals surface area contributed by atoms with Crippen LogP contribution in [0.25, 0.3) is 11.1 Å². The van der Waals surface area contributed by atoms with E-state index in [2.05, 4.69) is 11.1 Å². The van der Waals surface area contributed by atoms with Crippen molar-refractivity contribution in [2.75, 3.05) is 20.8 Å². The normalized spacial score (nSPS) is 11.5. The maximum absolute atomic E-state index is 11.6. The van der Waals surface area contributed by atoms with E-state index in [1.54, 1.807) is 25.3 Å². The Morgan fingerprint density at radius 2 is 2.13 bits per heavy atom. The van der Waals surface area contributed by atoms with Crippen molar-refractivity contribution in [2.45, 2.75) is 6.10 Å². The Kier molecular flexibility index (Phi) is 5.23. The molecule has 23 heavy (non-hydrogen) atoms. The molecule has 1 amide bonds. The molecule has 0 aliphatic carbocycles. The number of primary amides is 1. The fourth-order valence-corrected chi connectivity index (χ4v) is 2.08. The SMILES string of the molecule is C#CCOC(C(N)=O)c1oncc1-c1ccc(OC)c(OC)c1. The summed E-state index contributed by atoms with van der Waals surface area (Å²) < 4.78 is 20.9. The third-order valence-corrected chi connectivity index (χ3v) is 3.12. The highest BCUT2D eigenvalue weighted by atomic mass is 16.5. The molecule has 0 saturated carbocycles. The van der Waals surface area contributed by atoms with Crippen molar-refractivity contribution in [3.8, 4) is 35.0 Å². The zero-order chi connectivity index (χ0) is 16.8. The lowest BCUT2D eigenvalue weighted by Crippen LogP contribution is -2.24. The first-order chi connectivity index (χ1) is 11.1. The monoisotopic (exact) mass is 316 g/mol. The minimum Gasteiger partial charge on any atom is -0.493 e. The zero-order valence-corrected chi connectivity index (χ0v) is 12.7. The summed E-state index contributed by atoms with van der Waals surface area (Å²) in [5.41, 5.74) is 6.60. The Balaban J connectivity index is 2.44. The summed E-state index contributed by atoms with van der Waals surface area (Å²) in [4.78, 5) is 11.6. The van der Waals surface area contributed by atoms with E-state index in [0.29, 0.717) is 22.6 Å². The van der Waals surface area contributed by atoms with E-state index in [4.69, 9.17) is 30.9 Å². The van der Waals surface area contributed by atoms with Gasteiger partial charge in [0.1, 0.15) is 6.61 Å². The molecule has 0 radical (unpaired) electrons. The molecular formula is C16H16N2O5. The van der Waals surface area contributed by atoms with Crippen LogP contribution in [0.4, 0.5) is 0 Å². The van der Waals surface area contributed by atoms with E-state index < -0.39 is 12.0 Å². The minimum absolute atomic E-state index is 0.0837. The second-order valence-corrected chi connectivity index (χ2v) is 4.47. The van der Waals surface area contributed by atoms with Gasteiger partial charge in [0.05, 0.1) is 20.4 Å². The Labute approximate surface area is 133 Å². The number of terminal acetylenes is 1. The number of nitrogens with two attached hydrogens (primary N) is 1. The summed E-state index contributed by atoms with van der Waals surface area (Å²) in [7, 11) is 3.07. The van der Waals surface area contributed by atoms with Gasteiger partial charge in [0, 0.05) is 5.56 Å². The van der Waals surface area contributed by atoms with Crippen molar-refractivity contribution in [3.05, 3.63) is 30.2 Å². The van der Waals surface area contributed by atoms with Crippen molar-refractivity contribution in [3.63, 3.8) is 0 Å². The molecule has 0 fully saturated rings. The highest BCUT2D eigenvalue weighted by Gasteiger charge is 2.27. The number of ether oxygens (including phenoxy) is 3. The molecule has 2 rings (SSSR count). The Bertz CT molecular complexity index is 732. The maximum atomic E-state index is 11.6. The van der Waals surface area contributed by atoms with Crippen LogP contribution in [0, 0.1) is 12.3 Å². The first kappa shape index (κ1) is 16.4. The van der Waals surface area contributed by atoms with Crippen LogP contribution in [0.5, 0.6) is 11.5 Å². The smallest absolute Gasteiger partial charge is 0.254 e.